The molecular weight excluding hydrogens is 490 g/mol. The lowest BCUT2D eigenvalue weighted by molar-refractivity contribution is -0.139. The Morgan fingerprint density at radius 3 is 2.43 bits per heavy atom. The Kier molecular flexibility index (Phi) is 7.89. The number of nitrogens with one attached hydrogen (secondary N) is 1. The maximum Gasteiger partial charge on any atom is 0.282 e. The Balaban J connectivity index is 1.56. The van der Waals surface area contributed by atoms with Crippen LogP contribution in [0.5, 0.6) is 0 Å². The van der Waals surface area contributed by atoms with E-state index in [0.717, 1.165) is 15.6 Å². The van der Waals surface area contributed by atoms with Crippen LogP contribution in [0.4, 0.5) is 17.6 Å². The summed E-state index contributed by atoms with van der Waals surface area (Å²) in [5, 5.41) is 6.45. The number of halogens is 4. The molecule has 4 rings (SSSR count). The number of rotatable bonds is 8. The number of carbonyl (C=O) groups excluding carboxylic acids is 2. The van der Waals surface area contributed by atoms with E-state index in [4.69, 9.17) is 0 Å². The van der Waals surface area contributed by atoms with Gasteiger partial charge in [0, 0.05) is 18.2 Å². The zero-order valence-electron chi connectivity index (χ0n) is 20.3. The molecule has 1 aliphatic rings. The van der Waals surface area contributed by atoms with E-state index < -0.39 is 54.7 Å². The van der Waals surface area contributed by atoms with Crippen molar-refractivity contribution in [3.63, 3.8) is 0 Å². The van der Waals surface area contributed by atoms with E-state index in [2.05, 4.69) is 15.4 Å². The van der Waals surface area contributed by atoms with Gasteiger partial charge in [-0.25, -0.2) is 18.2 Å². The highest BCUT2D eigenvalue weighted by molar-refractivity contribution is 5.88. The van der Waals surface area contributed by atoms with Crippen LogP contribution in [0.25, 0.3) is 0 Å². The zero-order chi connectivity index (χ0) is 26.7. The van der Waals surface area contributed by atoms with Gasteiger partial charge in [0.1, 0.15) is 24.5 Å². The molecule has 1 fully saturated rings. The molecule has 3 aromatic rings. The monoisotopic (exact) mass is 517 g/mol. The van der Waals surface area contributed by atoms with Gasteiger partial charge in [0.25, 0.3) is 6.43 Å². The van der Waals surface area contributed by atoms with Crippen LogP contribution in [-0.4, -0.2) is 50.2 Å². The molecule has 1 saturated heterocycles. The number of hydrogen-bond donors (Lipinski definition) is 1. The standard InChI is InChI=1S/C26H27F4N5O2/c1-15(2)18-8-9-19(31-25(18)30)23(16-6-4-3-5-7-16)32-26(37)21-12-17(27)13-35(21)22(36)14-34-11-10-20(33-34)24(28)29/h3-11,15,17,21,23-24H,12-14H2,1-2H3,(H,32,37)/t17-,21+,23+/m1/s1. The molecule has 3 atom stereocenters. The lowest BCUT2D eigenvalue weighted by atomic mass is 9.99. The Morgan fingerprint density at radius 2 is 1.81 bits per heavy atom. The van der Waals surface area contributed by atoms with Gasteiger partial charge in [-0.05, 0) is 23.6 Å². The van der Waals surface area contributed by atoms with E-state index in [1.807, 2.05) is 13.8 Å². The molecule has 3 heterocycles. The Hall–Kier alpha value is -3.76. The first kappa shape index (κ1) is 26.3. The minimum atomic E-state index is -2.79. The predicted molar refractivity (Wildman–Crippen MR) is 127 cm³/mol. The molecule has 0 aliphatic carbocycles. The molecule has 196 valence electrons. The summed E-state index contributed by atoms with van der Waals surface area (Å²) >= 11 is 0. The van der Waals surface area contributed by atoms with E-state index in [-0.39, 0.29) is 24.6 Å². The topological polar surface area (TPSA) is 80.1 Å². The Labute approximate surface area is 211 Å². The van der Waals surface area contributed by atoms with Crippen molar-refractivity contribution in [1.82, 2.24) is 25.0 Å². The largest absolute Gasteiger partial charge is 0.342 e. The van der Waals surface area contributed by atoms with Crippen LogP contribution in [-0.2, 0) is 16.1 Å². The van der Waals surface area contributed by atoms with Gasteiger partial charge in [-0.2, -0.15) is 9.49 Å². The molecule has 37 heavy (non-hydrogen) atoms. The second-order valence-electron chi connectivity index (χ2n) is 9.26. The highest BCUT2D eigenvalue weighted by Crippen LogP contribution is 2.27. The van der Waals surface area contributed by atoms with Gasteiger partial charge in [-0.3, -0.25) is 14.3 Å². The lowest BCUT2D eigenvalue weighted by Gasteiger charge is -2.26. The summed E-state index contributed by atoms with van der Waals surface area (Å²) in [5.74, 6) is -2.00. The SMILES string of the molecule is CC(C)c1ccc([C@@H](NC(=O)[C@@H]2C[C@@H](F)CN2C(=O)Cn2ccc(C(F)F)n2)c2ccccc2)nc1F. The van der Waals surface area contributed by atoms with Crippen molar-refractivity contribution in [2.24, 2.45) is 0 Å². The molecule has 1 aliphatic heterocycles. The molecule has 0 radical (unpaired) electrons. The van der Waals surface area contributed by atoms with Crippen molar-refractivity contribution in [1.29, 1.82) is 0 Å². The highest BCUT2D eigenvalue weighted by Gasteiger charge is 2.40. The maximum atomic E-state index is 14.7. The van der Waals surface area contributed by atoms with Gasteiger partial charge < -0.3 is 10.2 Å². The molecule has 0 saturated carbocycles. The molecule has 0 bridgehead atoms. The third-order valence-electron chi connectivity index (χ3n) is 6.29. The number of benzene rings is 1. The molecule has 1 aromatic carbocycles. The van der Waals surface area contributed by atoms with Crippen LogP contribution in [0.3, 0.4) is 0 Å². The van der Waals surface area contributed by atoms with Gasteiger partial charge in [-0.15, -0.1) is 0 Å². The lowest BCUT2D eigenvalue weighted by Crippen LogP contribution is -2.48. The van der Waals surface area contributed by atoms with E-state index >= 15 is 0 Å². The first-order chi connectivity index (χ1) is 17.6. The van der Waals surface area contributed by atoms with Crippen LogP contribution in [0.1, 0.15) is 61.2 Å². The zero-order valence-corrected chi connectivity index (χ0v) is 20.3. The third-order valence-corrected chi connectivity index (χ3v) is 6.29. The van der Waals surface area contributed by atoms with Gasteiger partial charge in [0.2, 0.25) is 17.8 Å². The molecular formula is C26H27F4N5O2. The predicted octanol–water partition coefficient (Wildman–Crippen LogP) is 4.32. The highest BCUT2D eigenvalue weighted by atomic mass is 19.3. The first-order valence-electron chi connectivity index (χ1n) is 11.9. The summed E-state index contributed by atoms with van der Waals surface area (Å²) in [4.78, 5) is 31.4. The van der Waals surface area contributed by atoms with Crippen LogP contribution in [0.15, 0.2) is 54.7 Å². The van der Waals surface area contributed by atoms with Crippen LogP contribution < -0.4 is 5.32 Å². The number of carbonyl (C=O) groups is 2. The number of amides is 2. The smallest absolute Gasteiger partial charge is 0.282 e. The fourth-order valence-electron chi connectivity index (χ4n) is 4.38. The molecule has 0 spiro atoms. The number of alkyl halides is 3. The minimum absolute atomic E-state index is 0.0857. The molecule has 11 heteroatoms. The summed E-state index contributed by atoms with van der Waals surface area (Å²) in [6.07, 6.45) is -3.23. The van der Waals surface area contributed by atoms with Crippen LogP contribution in [0, 0.1) is 5.95 Å². The normalized spacial score (nSPS) is 18.4. The quantitative estimate of drug-likeness (QED) is 0.357. The van der Waals surface area contributed by atoms with Gasteiger partial charge in [0.05, 0.1) is 18.3 Å². The summed E-state index contributed by atoms with van der Waals surface area (Å²) in [7, 11) is 0. The third kappa shape index (κ3) is 5.98. The van der Waals surface area contributed by atoms with E-state index in [9.17, 15) is 27.2 Å². The van der Waals surface area contributed by atoms with E-state index in [1.54, 1.807) is 42.5 Å². The number of nitrogens with zero attached hydrogens (tertiary/aromatic N) is 4. The second kappa shape index (κ2) is 11.1. The maximum absolute atomic E-state index is 14.7. The number of aromatic nitrogens is 3. The van der Waals surface area contributed by atoms with Gasteiger partial charge in [0.15, 0.2) is 0 Å². The van der Waals surface area contributed by atoms with Crippen molar-refractivity contribution < 1.29 is 27.2 Å². The van der Waals surface area contributed by atoms with Crippen LogP contribution in [0.2, 0.25) is 0 Å². The fraction of sp³-hybridized carbons (Fsp3) is 0.385. The van der Waals surface area contributed by atoms with Crippen molar-refractivity contribution >= 4 is 11.8 Å². The summed E-state index contributed by atoms with van der Waals surface area (Å²) in [6.45, 7) is 2.94. The summed E-state index contributed by atoms with van der Waals surface area (Å²) in [6, 6.07) is 11.1. The second-order valence-corrected chi connectivity index (χ2v) is 9.26. The molecule has 0 unspecified atom stereocenters. The molecule has 2 aromatic heterocycles. The average molecular weight is 518 g/mol. The van der Waals surface area contributed by atoms with Gasteiger partial charge >= 0.3 is 0 Å². The number of pyridine rings is 1. The van der Waals surface area contributed by atoms with Gasteiger partial charge in [-0.1, -0.05) is 50.2 Å². The number of likely N-dealkylation sites (tertiary alicyclic amines) is 1. The van der Waals surface area contributed by atoms with Crippen LogP contribution >= 0.6 is 0 Å². The average Bonchev–Trinajstić information content (AvgIpc) is 3.49. The summed E-state index contributed by atoms with van der Waals surface area (Å²) in [5.41, 5.74) is 0.832. The van der Waals surface area contributed by atoms with Crippen molar-refractivity contribution in [3.8, 4) is 0 Å². The molecule has 2 amide bonds. The Morgan fingerprint density at radius 1 is 1.08 bits per heavy atom. The van der Waals surface area contributed by atoms with Crippen molar-refractivity contribution in [3.05, 3.63) is 83.2 Å². The molecule has 1 N–H and O–H groups in total. The number of hydrogen-bond acceptors (Lipinski definition) is 4. The summed E-state index contributed by atoms with van der Waals surface area (Å²) < 4.78 is 55.8. The van der Waals surface area contributed by atoms with E-state index in [0.29, 0.717) is 11.1 Å². The van der Waals surface area contributed by atoms with Crippen molar-refractivity contribution in [2.75, 3.05) is 6.54 Å². The minimum Gasteiger partial charge on any atom is -0.342 e. The first-order valence-corrected chi connectivity index (χ1v) is 11.9. The van der Waals surface area contributed by atoms with Crippen molar-refractivity contribution in [2.45, 2.75) is 57.4 Å². The Bertz CT molecular complexity index is 1250. The van der Waals surface area contributed by atoms with E-state index in [1.165, 1.54) is 6.20 Å². The molecule has 7 nitrogen and oxygen atoms in total. The fourth-order valence-corrected chi connectivity index (χ4v) is 4.38.